The number of anilines is 1. The van der Waals surface area contributed by atoms with Crippen molar-refractivity contribution in [3.8, 4) is 0 Å². The molecule has 1 heterocycles. The van der Waals surface area contributed by atoms with Crippen LogP contribution in [-0.2, 0) is 16.0 Å². The zero-order chi connectivity index (χ0) is 19.9. The highest BCUT2D eigenvalue weighted by molar-refractivity contribution is 5.96. The first-order valence-electron chi connectivity index (χ1n) is 9.84. The van der Waals surface area contributed by atoms with Gasteiger partial charge in [0.05, 0.1) is 6.21 Å². The molecule has 0 radical (unpaired) electrons. The Bertz CT molecular complexity index is 856. The fraction of sp³-hybridized carbons (Fsp3) is 0.348. The molecule has 1 N–H and O–H groups in total. The Kier molecular flexibility index (Phi) is 6.58. The van der Waals surface area contributed by atoms with Crippen molar-refractivity contribution >= 4 is 23.7 Å². The minimum Gasteiger partial charge on any atom is -0.312 e. The van der Waals surface area contributed by atoms with E-state index in [2.05, 4.69) is 42.6 Å². The first-order valence-corrected chi connectivity index (χ1v) is 9.84. The number of nitrogens with one attached hydrogen (secondary N) is 1. The standard InChI is InChI=1S/C23H27N3O2/c1-17(2)19-11-9-18(10-12-19)16-24-25-22(27)13-14-23(28)26-15-5-7-20-6-3-4-8-21(20)26/h3-4,6,8-12,16-17H,5,7,13-15H2,1-2H3,(H,25,27)/b24-16+. The van der Waals surface area contributed by atoms with E-state index in [1.807, 2.05) is 30.3 Å². The van der Waals surface area contributed by atoms with Crippen LogP contribution in [0, 0.1) is 0 Å². The summed E-state index contributed by atoms with van der Waals surface area (Å²) in [6.45, 7) is 5.00. The molecule has 0 atom stereocenters. The van der Waals surface area contributed by atoms with Crippen molar-refractivity contribution in [2.45, 2.75) is 45.4 Å². The lowest BCUT2D eigenvalue weighted by Crippen LogP contribution is -2.36. The summed E-state index contributed by atoms with van der Waals surface area (Å²) in [5.74, 6) is 0.208. The molecule has 5 nitrogen and oxygen atoms in total. The Balaban J connectivity index is 1.47. The van der Waals surface area contributed by atoms with Gasteiger partial charge in [0.25, 0.3) is 0 Å². The van der Waals surface area contributed by atoms with Crippen LogP contribution in [0.1, 0.15) is 55.7 Å². The molecule has 0 fully saturated rings. The molecule has 1 aliphatic rings. The van der Waals surface area contributed by atoms with Crippen molar-refractivity contribution < 1.29 is 9.59 Å². The highest BCUT2D eigenvalue weighted by Gasteiger charge is 2.22. The Labute approximate surface area is 166 Å². The lowest BCUT2D eigenvalue weighted by molar-refractivity contribution is -0.125. The van der Waals surface area contributed by atoms with Gasteiger partial charge in [0.1, 0.15) is 0 Å². The number of para-hydroxylation sites is 1. The Morgan fingerprint density at radius 3 is 2.61 bits per heavy atom. The van der Waals surface area contributed by atoms with E-state index in [0.717, 1.165) is 24.1 Å². The summed E-state index contributed by atoms with van der Waals surface area (Å²) >= 11 is 0. The third-order valence-corrected chi connectivity index (χ3v) is 4.98. The molecule has 2 amide bonds. The third kappa shape index (κ3) is 5.06. The minimum absolute atomic E-state index is 0.0180. The van der Waals surface area contributed by atoms with Gasteiger partial charge in [-0.1, -0.05) is 56.3 Å². The van der Waals surface area contributed by atoms with E-state index in [1.54, 1.807) is 11.1 Å². The number of hydrogen-bond acceptors (Lipinski definition) is 3. The van der Waals surface area contributed by atoms with Crippen LogP contribution in [0.15, 0.2) is 53.6 Å². The molecule has 2 aromatic carbocycles. The number of carbonyl (C=O) groups excluding carboxylic acids is 2. The van der Waals surface area contributed by atoms with E-state index >= 15 is 0 Å². The normalized spacial score (nSPS) is 13.6. The molecule has 0 bridgehead atoms. The van der Waals surface area contributed by atoms with E-state index in [4.69, 9.17) is 0 Å². The largest absolute Gasteiger partial charge is 0.312 e. The summed E-state index contributed by atoms with van der Waals surface area (Å²) in [6.07, 6.45) is 3.87. The summed E-state index contributed by atoms with van der Waals surface area (Å²) < 4.78 is 0. The molecule has 0 spiro atoms. The second kappa shape index (κ2) is 9.31. The van der Waals surface area contributed by atoms with Gasteiger partial charge in [0.15, 0.2) is 0 Å². The molecular weight excluding hydrogens is 350 g/mol. The molecule has 2 aromatic rings. The van der Waals surface area contributed by atoms with Gasteiger partial charge in [-0.05, 0) is 41.5 Å². The number of hydrazone groups is 1. The summed E-state index contributed by atoms with van der Waals surface area (Å²) in [4.78, 5) is 26.4. The number of fused-ring (bicyclic) bond motifs is 1. The monoisotopic (exact) mass is 377 g/mol. The van der Waals surface area contributed by atoms with Crippen LogP contribution in [0.4, 0.5) is 5.69 Å². The lowest BCUT2D eigenvalue weighted by Gasteiger charge is -2.29. The van der Waals surface area contributed by atoms with Crippen LogP contribution in [0.25, 0.3) is 0 Å². The van der Waals surface area contributed by atoms with Crippen molar-refractivity contribution in [3.05, 3.63) is 65.2 Å². The molecular formula is C23H27N3O2. The fourth-order valence-corrected chi connectivity index (χ4v) is 3.35. The van der Waals surface area contributed by atoms with Gasteiger partial charge in [-0.15, -0.1) is 0 Å². The SMILES string of the molecule is CC(C)c1ccc(/C=N/NC(=O)CCC(=O)N2CCCc3ccccc32)cc1. The lowest BCUT2D eigenvalue weighted by atomic mass is 10.0. The molecule has 0 aromatic heterocycles. The zero-order valence-corrected chi connectivity index (χ0v) is 16.5. The summed E-state index contributed by atoms with van der Waals surface area (Å²) in [5, 5.41) is 3.99. The average Bonchev–Trinajstić information content (AvgIpc) is 2.72. The van der Waals surface area contributed by atoms with Gasteiger partial charge in [0.2, 0.25) is 11.8 Å². The summed E-state index contributed by atoms with van der Waals surface area (Å²) in [6, 6.07) is 16.0. The van der Waals surface area contributed by atoms with Crippen LogP contribution in [0.3, 0.4) is 0 Å². The maximum absolute atomic E-state index is 12.6. The Morgan fingerprint density at radius 2 is 1.86 bits per heavy atom. The van der Waals surface area contributed by atoms with Crippen LogP contribution >= 0.6 is 0 Å². The van der Waals surface area contributed by atoms with E-state index in [1.165, 1.54) is 11.1 Å². The molecule has 5 heteroatoms. The predicted molar refractivity (Wildman–Crippen MR) is 113 cm³/mol. The van der Waals surface area contributed by atoms with Crippen LogP contribution in [0.5, 0.6) is 0 Å². The van der Waals surface area contributed by atoms with Crippen molar-refractivity contribution in [3.63, 3.8) is 0 Å². The number of aryl methyl sites for hydroxylation is 1. The molecule has 28 heavy (non-hydrogen) atoms. The number of hydrogen-bond donors (Lipinski definition) is 1. The highest BCUT2D eigenvalue weighted by atomic mass is 16.2. The summed E-state index contributed by atoms with van der Waals surface area (Å²) in [7, 11) is 0. The quantitative estimate of drug-likeness (QED) is 0.610. The second-order valence-corrected chi connectivity index (χ2v) is 7.39. The number of nitrogens with zero attached hydrogens (tertiary/aromatic N) is 2. The minimum atomic E-state index is -0.256. The number of benzene rings is 2. The fourth-order valence-electron chi connectivity index (χ4n) is 3.35. The molecule has 0 saturated carbocycles. The van der Waals surface area contributed by atoms with Crippen molar-refractivity contribution in [2.75, 3.05) is 11.4 Å². The summed E-state index contributed by atoms with van der Waals surface area (Å²) in [5.41, 5.74) is 6.86. The maximum Gasteiger partial charge on any atom is 0.240 e. The average molecular weight is 377 g/mol. The molecule has 1 aliphatic heterocycles. The van der Waals surface area contributed by atoms with Gasteiger partial charge in [-0.3, -0.25) is 9.59 Å². The topological polar surface area (TPSA) is 61.8 Å². The van der Waals surface area contributed by atoms with Gasteiger partial charge in [-0.2, -0.15) is 5.10 Å². The first kappa shape index (κ1) is 19.8. The molecule has 3 rings (SSSR count). The molecule has 0 saturated heterocycles. The Morgan fingerprint density at radius 1 is 1.11 bits per heavy atom. The third-order valence-electron chi connectivity index (χ3n) is 4.98. The maximum atomic E-state index is 12.6. The smallest absolute Gasteiger partial charge is 0.240 e. The second-order valence-electron chi connectivity index (χ2n) is 7.39. The van der Waals surface area contributed by atoms with Crippen molar-refractivity contribution in [1.82, 2.24) is 5.43 Å². The van der Waals surface area contributed by atoms with Gasteiger partial charge < -0.3 is 4.90 Å². The Hall–Kier alpha value is -2.95. The van der Waals surface area contributed by atoms with Crippen LogP contribution in [0.2, 0.25) is 0 Å². The van der Waals surface area contributed by atoms with Crippen molar-refractivity contribution in [2.24, 2.45) is 5.10 Å². The van der Waals surface area contributed by atoms with Gasteiger partial charge in [0, 0.05) is 25.1 Å². The van der Waals surface area contributed by atoms with Crippen LogP contribution < -0.4 is 10.3 Å². The van der Waals surface area contributed by atoms with Gasteiger partial charge >= 0.3 is 0 Å². The van der Waals surface area contributed by atoms with E-state index < -0.39 is 0 Å². The van der Waals surface area contributed by atoms with Gasteiger partial charge in [-0.25, -0.2) is 5.43 Å². The zero-order valence-electron chi connectivity index (χ0n) is 16.5. The van der Waals surface area contributed by atoms with Crippen LogP contribution in [-0.4, -0.2) is 24.6 Å². The molecule has 146 valence electrons. The van der Waals surface area contributed by atoms with E-state index in [-0.39, 0.29) is 24.7 Å². The number of carbonyl (C=O) groups is 2. The predicted octanol–water partition coefficient (Wildman–Crippen LogP) is 4.02. The highest BCUT2D eigenvalue weighted by Crippen LogP contribution is 2.27. The molecule has 0 aliphatic carbocycles. The van der Waals surface area contributed by atoms with E-state index in [0.29, 0.717) is 12.5 Å². The number of rotatable bonds is 6. The number of amides is 2. The molecule has 0 unspecified atom stereocenters. The first-order chi connectivity index (χ1) is 13.5. The van der Waals surface area contributed by atoms with Crippen molar-refractivity contribution in [1.29, 1.82) is 0 Å². The van der Waals surface area contributed by atoms with E-state index in [9.17, 15) is 9.59 Å².